The number of ether oxygens (including phenoxy) is 2. The van der Waals surface area contributed by atoms with Crippen LogP contribution in [0.3, 0.4) is 0 Å². The highest BCUT2D eigenvalue weighted by molar-refractivity contribution is 8.00. The van der Waals surface area contributed by atoms with E-state index in [-0.39, 0.29) is 12.0 Å². The average Bonchev–Trinajstić information content (AvgIpc) is 2.86. The summed E-state index contributed by atoms with van der Waals surface area (Å²) in [6.07, 6.45) is 6.18. The first-order chi connectivity index (χ1) is 16.2. The first-order valence-electron chi connectivity index (χ1n) is 11.5. The number of aromatic nitrogens is 1. The molecule has 2 aliphatic heterocycles. The zero-order chi connectivity index (χ0) is 22.6. The third kappa shape index (κ3) is 5.32. The highest BCUT2D eigenvalue weighted by Crippen LogP contribution is 2.32. The fourth-order valence-corrected chi connectivity index (χ4v) is 5.32. The van der Waals surface area contributed by atoms with Gasteiger partial charge in [-0.1, -0.05) is 18.2 Å². The predicted octanol–water partition coefficient (Wildman–Crippen LogP) is 4.56. The zero-order valence-electron chi connectivity index (χ0n) is 18.8. The largest absolute Gasteiger partial charge is 0.495 e. The number of nitrogens with zero attached hydrogens (tertiary/aromatic N) is 1. The van der Waals surface area contributed by atoms with Crippen LogP contribution in [0, 0.1) is 0 Å². The van der Waals surface area contributed by atoms with E-state index < -0.39 is 0 Å². The van der Waals surface area contributed by atoms with Gasteiger partial charge in [-0.15, -0.1) is 11.8 Å². The lowest BCUT2D eigenvalue weighted by atomic mass is 9.97. The number of carbonyl (C=O) groups excluding carboxylic acids is 1. The quantitative estimate of drug-likeness (QED) is 0.535. The summed E-state index contributed by atoms with van der Waals surface area (Å²) >= 11 is 1.59. The van der Waals surface area contributed by atoms with Crippen LogP contribution in [0.25, 0.3) is 10.9 Å². The van der Waals surface area contributed by atoms with E-state index in [1.54, 1.807) is 25.1 Å². The van der Waals surface area contributed by atoms with Gasteiger partial charge in [-0.05, 0) is 61.1 Å². The van der Waals surface area contributed by atoms with Crippen LogP contribution in [0.4, 0.5) is 5.69 Å². The molecule has 6 nitrogen and oxygen atoms in total. The molecule has 7 heteroatoms. The van der Waals surface area contributed by atoms with E-state index in [1.165, 1.54) is 11.1 Å². The Balaban J connectivity index is 1.11. The molecule has 1 aromatic heterocycles. The number of aryl methyl sites for hydroxylation is 1. The van der Waals surface area contributed by atoms with Gasteiger partial charge >= 0.3 is 0 Å². The third-order valence-electron chi connectivity index (χ3n) is 6.40. The average molecular weight is 464 g/mol. The molecular weight excluding hydrogens is 434 g/mol. The van der Waals surface area contributed by atoms with Crippen LogP contribution < -0.4 is 15.4 Å². The molecule has 2 aromatic carbocycles. The van der Waals surface area contributed by atoms with Crippen LogP contribution in [0.1, 0.15) is 30.4 Å². The number of pyridine rings is 1. The van der Waals surface area contributed by atoms with Crippen LogP contribution in [-0.2, 0) is 22.5 Å². The molecular formula is C26H29N3O3S. The lowest BCUT2D eigenvalue weighted by Crippen LogP contribution is -2.39. The third-order valence-corrected chi connectivity index (χ3v) is 7.48. The number of hydrogen-bond donors (Lipinski definition) is 2. The van der Waals surface area contributed by atoms with E-state index >= 15 is 0 Å². The van der Waals surface area contributed by atoms with Crippen LogP contribution in [0.15, 0.2) is 53.6 Å². The maximum atomic E-state index is 11.6. The summed E-state index contributed by atoms with van der Waals surface area (Å²) in [7, 11) is 1.67. The molecule has 5 rings (SSSR count). The molecule has 0 radical (unpaired) electrons. The molecule has 2 N–H and O–H groups in total. The maximum Gasteiger partial charge on any atom is 0.234 e. The topological polar surface area (TPSA) is 72.5 Å². The summed E-state index contributed by atoms with van der Waals surface area (Å²) in [6.45, 7) is 1.50. The monoisotopic (exact) mass is 463 g/mol. The second-order valence-corrected chi connectivity index (χ2v) is 9.69. The van der Waals surface area contributed by atoms with E-state index in [4.69, 9.17) is 9.47 Å². The molecule has 3 aromatic rings. The van der Waals surface area contributed by atoms with Gasteiger partial charge in [-0.2, -0.15) is 0 Å². The lowest BCUT2D eigenvalue weighted by Gasteiger charge is -2.30. The number of amides is 1. The van der Waals surface area contributed by atoms with Crippen LogP contribution >= 0.6 is 11.8 Å². The van der Waals surface area contributed by atoms with Crippen LogP contribution in [0.2, 0.25) is 0 Å². The molecule has 0 saturated carbocycles. The Labute approximate surface area is 198 Å². The Hall–Kier alpha value is -2.61. The van der Waals surface area contributed by atoms with Crippen LogP contribution in [-0.4, -0.2) is 42.5 Å². The number of hydrogen-bond acceptors (Lipinski definition) is 6. The number of benzene rings is 2. The number of rotatable bonds is 7. The SMILES string of the molecule is COc1cnc2cccc(CC[C@H]3CC[C@@H](NCc4ccc5c(c4)NC(=O)CS5)CO3)c2c1. The van der Waals surface area contributed by atoms with Gasteiger partial charge in [0.1, 0.15) is 5.75 Å². The molecule has 1 saturated heterocycles. The second-order valence-electron chi connectivity index (χ2n) is 8.68. The van der Waals surface area contributed by atoms with Crippen LogP contribution in [0.5, 0.6) is 5.75 Å². The molecule has 0 unspecified atom stereocenters. The zero-order valence-corrected chi connectivity index (χ0v) is 19.6. The van der Waals surface area contributed by atoms with Crippen molar-refractivity contribution in [2.75, 3.05) is 24.8 Å². The van der Waals surface area contributed by atoms with Gasteiger partial charge < -0.3 is 20.1 Å². The van der Waals surface area contributed by atoms with Crippen molar-refractivity contribution in [3.05, 3.63) is 59.8 Å². The van der Waals surface area contributed by atoms with Gasteiger partial charge in [-0.25, -0.2) is 0 Å². The standard InChI is InChI=1S/C26H29N3O3S/c1-31-21-12-22-18(3-2-4-23(22)28-14-21)6-8-20-9-7-19(15-32-20)27-13-17-5-10-25-24(11-17)29-26(30)16-33-25/h2-5,10-12,14,19-20,27H,6-9,13,15-16H2,1H3,(H,29,30)/t19-,20+/m1/s1. The van der Waals surface area contributed by atoms with Crippen molar-refractivity contribution in [2.45, 2.75) is 49.3 Å². The fraction of sp³-hybridized carbons (Fsp3) is 0.385. The van der Waals surface area contributed by atoms with Crippen molar-refractivity contribution in [3.63, 3.8) is 0 Å². The van der Waals surface area contributed by atoms with Crippen molar-refractivity contribution < 1.29 is 14.3 Å². The summed E-state index contributed by atoms with van der Waals surface area (Å²) in [5, 5.41) is 7.75. The smallest absolute Gasteiger partial charge is 0.234 e. The van der Waals surface area contributed by atoms with Crippen molar-refractivity contribution >= 4 is 34.3 Å². The molecule has 3 heterocycles. The number of carbonyl (C=O) groups is 1. The van der Waals surface area contributed by atoms with Crippen molar-refractivity contribution in [1.82, 2.24) is 10.3 Å². The summed E-state index contributed by atoms with van der Waals surface area (Å²) in [4.78, 5) is 17.3. The fourth-order valence-electron chi connectivity index (χ4n) is 4.53. The summed E-state index contributed by atoms with van der Waals surface area (Å²) < 4.78 is 11.6. The predicted molar refractivity (Wildman–Crippen MR) is 132 cm³/mol. The van der Waals surface area contributed by atoms with E-state index in [9.17, 15) is 4.79 Å². The Bertz CT molecular complexity index is 1140. The summed E-state index contributed by atoms with van der Waals surface area (Å²) in [6, 6.07) is 15.0. The van der Waals surface area contributed by atoms with E-state index in [0.29, 0.717) is 11.8 Å². The number of fused-ring (bicyclic) bond motifs is 2. The number of thioether (sulfide) groups is 1. The molecule has 172 valence electrons. The normalized spacial score (nSPS) is 20.3. The molecule has 1 amide bonds. The van der Waals surface area contributed by atoms with Gasteiger partial charge in [-0.3, -0.25) is 9.78 Å². The first kappa shape index (κ1) is 22.2. The second kappa shape index (κ2) is 10.1. The van der Waals surface area contributed by atoms with E-state index in [0.717, 1.165) is 66.1 Å². The molecule has 2 atom stereocenters. The minimum atomic E-state index is 0.0724. The minimum Gasteiger partial charge on any atom is -0.495 e. The lowest BCUT2D eigenvalue weighted by molar-refractivity contribution is -0.113. The highest BCUT2D eigenvalue weighted by Gasteiger charge is 2.22. The minimum absolute atomic E-state index is 0.0724. The molecule has 2 aliphatic rings. The number of anilines is 1. The first-order valence-corrected chi connectivity index (χ1v) is 12.5. The number of methoxy groups -OCH3 is 1. The van der Waals surface area contributed by atoms with E-state index in [2.05, 4.69) is 52.0 Å². The van der Waals surface area contributed by atoms with E-state index in [1.807, 2.05) is 6.07 Å². The molecule has 0 spiro atoms. The molecule has 33 heavy (non-hydrogen) atoms. The van der Waals surface area contributed by atoms with Gasteiger partial charge in [0.15, 0.2) is 0 Å². The van der Waals surface area contributed by atoms with Gasteiger partial charge in [0.25, 0.3) is 0 Å². The Morgan fingerprint density at radius 2 is 2.18 bits per heavy atom. The molecule has 0 bridgehead atoms. The summed E-state index contributed by atoms with van der Waals surface area (Å²) in [5.41, 5.74) is 4.40. The maximum absolute atomic E-state index is 11.6. The Kier molecular flexibility index (Phi) is 6.80. The molecule has 1 fully saturated rings. The van der Waals surface area contributed by atoms with Crippen molar-refractivity contribution in [3.8, 4) is 5.75 Å². The van der Waals surface area contributed by atoms with Crippen molar-refractivity contribution in [2.24, 2.45) is 0 Å². The van der Waals surface area contributed by atoms with Gasteiger partial charge in [0, 0.05) is 22.9 Å². The Morgan fingerprint density at radius 1 is 1.24 bits per heavy atom. The summed E-state index contributed by atoms with van der Waals surface area (Å²) in [5.74, 6) is 1.36. The highest BCUT2D eigenvalue weighted by atomic mass is 32.2. The van der Waals surface area contributed by atoms with Gasteiger partial charge in [0.2, 0.25) is 5.91 Å². The van der Waals surface area contributed by atoms with Gasteiger partial charge in [0.05, 0.1) is 43.0 Å². The van der Waals surface area contributed by atoms with Crippen molar-refractivity contribution in [1.29, 1.82) is 0 Å². The number of nitrogens with one attached hydrogen (secondary N) is 2. The Morgan fingerprint density at radius 3 is 3.03 bits per heavy atom. The molecule has 0 aliphatic carbocycles.